The van der Waals surface area contributed by atoms with Gasteiger partial charge >= 0.3 is 5.97 Å². The van der Waals surface area contributed by atoms with Gasteiger partial charge in [-0.25, -0.2) is 0 Å². The van der Waals surface area contributed by atoms with Crippen molar-refractivity contribution in [3.05, 3.63) is 47.5 Å². The summed E-state index contributed by atoms with van der Waals surface area (Å²) in [6.45, 7) is 9.08. The summed E-state index contributed by atoms with van der Waals surface area (Å²) in [7, 11) is 1.45. The molecule has 3 aliphatic carbocycles. The third-order valence-electron chi connectivity index (χ3n) is 9.94. The first-order valence-corrected chi connectivity index (χ1v) is 12.0. The van der Waals surface area contributed by atoms with E-state index >= 15 is 0 Å². The summed E-state index contributed by atoms with van der Waals surface area (Å²) in [6, 6.07) is 2.03. The number of fused-ring (bicyclic) bond motifs is 4. The van der Waals surface area contributed by atoms with Crippen LogP contribution < -0.4 is 0 Å². The summed E-state index contributed by atoms with van der Waals surface area (Å²) in [6.07, 6.45) is 8.05. The summed E-state index contributed by atoms with van der Waals surface area (Å²) < 4.78 is 23.8. The fourth-order valence-electron chi connectivity index (χ4n) is 8.54. The van der Waals surface area contributed by atoms with Gasteiger partial charge in [0.05, 0.1) is 56.4 Å². The van der Waals surface area contributed by atoms with Gasteiger partial charge in [-0.1, -0.05) is 25.5 Å². The SMILES string of the molecule is COC(=O)C[C@H]1[C@]2(C)C3=C(C)[C@H](c4ccoc4)C[C@H]3O[C@@H]2C2OC[C@]3(C)C(=O)C=C[C@@]1(C)C23. The van der Waals surface area contributed by atoms with E-state index in [1.54, 1.807) is 12.3 Å². The van der Waals surface area contributed by atoms with Crippen molar-refractivity contribution in [3.63, 3.8) is 0 Å². The molecule has 1 saturated carbocycles. The van der Waals surface area contributed by atoms with E-state index in [0.717, 1.165) is 12.0 Å². The number of ether oxygens (including phenoxy) is 3. The molecule has 3 heterocycles. The van der Waals surface area contributed by atoms with Crippen LogP contribution in [-0.4, -0.2) is 43.8 Å². The van der Waals surface area contributed by atoms with Crippen molar-refractivity contribution in [2.45, 2.75) is 64.8 Å². The summed E-state index contributed by atoms with van der Waals surface area (Å²) >= 11 is 0. The number of hydrogen-bond donors (Lipinski definition) is 0. The lowest BCUT2D eigenvalue weighted by Crippen LogP contribution is -2.64. The van der Waals surface area contributed by atoms with Crippen LogP contribution in [0.2, 0.25) is 0 Å². The van der Waals surface area contributed by atoms with Gasteiger partial charge in [0.25, 0.3) is 0 Å². The molecule has 6 heteroatoms. The van der Waals surface area contributed by atoms with Crippen LogP contribution in [0.15, 0.2) is 46.3 Å². The van der Waals surface area contributed by atoms with Gasteiger partial charge in [-0.15, -0.1) is 0 Å². The number of carbonyl (C=O) groups is 2. The number of hydrogen-bond acceptors (Lipinski definition) is 6. The Labute approximate surface area is 194 Å². The fraction of sp³-hybridized carbons (Fsp3) is 0.630. The van der Waals surface area contributed by atoms with E-state index in [2.05, 4.69) is 26.8 Å². The van der Waals surface area contributed by atoms with Crippen LogP contribution in [0, 0.1) is 28.1 Å². The molecule has 3 fully saturated rings. The van der Waals surface area contributed by atoms with Crippen molar-refractivity contribution >= 4 is 11.8 Å². The third kappa shape index (κ3) is 2.46. The third-order valence-corrected chi connectivity index (χ3v) is 9.94. The van der Waals surface area contributed by atoms with E-state index in [9.17, 15) is 9.59 Å². The minimum atomic E-state index is -0.603. The highest BCUT2D eigenvalue weighted by Gasteiger charge is 2.74. The van der Waals surface area contributed by atoms with Crippen LogP contribution in [0.4, 0.5) is 0 Å². The topological polar surface area (TPSA) is 75.0 Å². The molecule has 1 aromatic rings. The smallest absolute Gasteiger partial charge is 0.305 e. The molecule has 0 amide bonds. The number of carbonyl (C=O) groups excluding carboxylic acids is 2. The molecular formula is C27H32O6. The Bertz CT molecular complexity index is 1080. The van der Waals surface area contributed by atoms with Gasteiger partial charge in [0.15, 0.2) is 5.78 Å². The average Bonchev–Trinajstić information content (AvgIpc) is 3.54. The Hall–Kier alpha value is -2.18. The molecule has 9 atom stereocenters. The second-order valence-corrected chi connectivity index (χ2v) is 11.3. The fourth-order valence-corrected chi connectivity index (χ4v) is 8.54. The summed E-state index contributed by atoms with van der Waals surface area (Å²) in [5.41, 5.74) is 2.36. The molecule has 0 bridgehead atoms. The zero-order chi connectivity index (χ0) is 23.3. The van der Waals surface area contributed by atoms with E-state index in [4.69, 9.17) is 18.6 Å². The van der Waals surface area contributed by atoms with Crippen molar-refractivity contribution in [1.29, 1.82) is 0 Å². The Balaban J connectivity index is 1.55. The molecule has 0 radical (unpaired) electrons. The second kappa shape index (κ2) is 6.70. The molecule has 2 aliphatic heterocycles. The average molecular weight is 453 g/mol. The Morgan fingerprint density at radius 2 is 2.06 bits per heavy atom. The number of rotatable bonds is 3. The highest BCUT2D eigenvalue weighted by atomic mass is 16.6. The van der Waals surface area contributed by atoms with Gasteiger partial charge in [0.2, 0.25) is 0 Å². The van der Waals surface area contributed by atoms with Crippen LogP contribution in [-0.2, 0) is 23.8 Å². The lowest BCUT2D eigenvalue weighted by atomic mass is 9.42. The molecule has 6 rings (SSSR count). The van der Waals surface area contributed by atoms with Gasteiger partial charge in [0, 0.05) is 17.3 Å². The van der Waals surface area contributed by atoms with Gasteiger partial charge in [-0.3, -0.25) is 9.59 Å². The molecule has 33 heavy (non-hydrogen) atoms. The molecule has 0 N–H and O–H groups in total. The van der Waals surface area contributed by atoms with Crippen LogP contribution in [0.25, 0.3) is 0 Å². The van der Waals surface area contributed by atoms with Crippen LogP contribution in [0.1, 0.15) is 52.0 Å². The molecule has 1 aromatic heterocycles. The van der Waals surface area contributed by atoms with E-state index in [1.807, 2.05) is 19.3 Å². The van der Waals surface area contributed by atoms with Crippen LogP contribution in [0.5, 0.6) is 0 Å². The highest BCUT2D eigenvalue weighted by Crippen LogP contribution is 2.71. The van der Waals surface area contributed by atoms with Gasteiger partial charge in [0.1, 0.15) is 0 Å². The summed E-state index contributed by atoms with van der Waals surface area (Å²) in [5, 5.41) is 0. The maximum Gasteiger partial charge on any atom is 0.305 e. The predicted octanol–water partition coefficient (Wildman–Crippen LogP) is 4.22. The van der Waals surface area contributed by atoms with E-state index in [1.165, 1.54) is 18.3 Å². The van der Waals surface area contributed by atoms with Gasteiger partial charge in [-0.05, 0) is 54.9 Å². The monoisotopic (exact) mass is 452 g/mol. The number of ketones is 1. The maximum absolute atomic E-state index is 13.0. The minimum absolute atomic E-state index is 0.0288. The van der Waals surface area contributed by atoms with Crippen LogP contribution in [0.3, 0.4) is 0 Å². The molecule has 176 valence electrons. The van der Waals surface area contributed by atoms with E-state index in [0.29, 0.717) is 6.61 Å². The lowest BCUT2D eigenvalue weighted by molar-refractivity contribution is -0.177. The molecule has 2 saturated heterocycles. The van der Waals surface area contributed by atoms with Crippen molar-refractivity contribution in [2.24, 2.45) is 28.1 Å². The van der Waals surface area contributed by atoms with Crippen molar-refractivity contribution < 1.29 is 28.2 Å². The van der Waals surface area contributed by atoms with Crippen molar-refractivity contribution in [2.75, 3.05) is 13.7 Å². The lowest BCUT2D eigenvalue weighted by Gasteiger charge is -2.60. The molecule has 6 nitrogen and oxygen atoms in total. The van der Waals surface area contributed by atoms with Crippen molar-refractivity contribution in [1.82, 2.24) is 0 Å². The quantitative estimate of drug-likeness (QED) is 0.505. The Morgan fingerprint density at radius 3 is 2.76 bits per heavy atom. The molecule has 0 aromatic carbocycles. The maximum atomic E-state index is 13.0. The first-order chi connectivity index (χ1) is 15.7. The number of esters is 1. The van der Waals surface area contributed by atoms with E-state index < -0.39 is 16.2 Å². The van der Waals surface area contributed by atoms with E-state index in [-0.39, 0.29) is 54.2 Å². The summed E-state index contributed by atoms with van der Waals surface area (Å²) in [4.78, 5) is 25.8. The largest absolute Gasteiger partial charge is 0.472 e. The molecular weight excluding hydrogens is 420 g/mol. The Morgan fingerprint density at radius 1 is 1.27 bits per heavy atom. The predicted molar refractivity (Wildman–Crippen MR) is 119 cm³/mol. The second-order valence-electron chi connectivity index (χ2n) is 11.3. The normalized spacial score (nSPS) is 47.5. The molecule has 0 spiro atoms. The minimum Gasteiger partial charge on any atom is -0.472 e. The molecule has 2 unspecified atom stereocenters. The van der Waals surface area contributed by atoms with Crippen molar-refractivity contribution in [3.8, 4) is 0 Å². The highest BCUT2D eigenvalue weighted by molar-refractivity contribution is 5.96. The Kier molecular flexibility index (Phi) is 4.33. The van der Waals surface area contributed by atoms with Gasteiger partial charge in [-0.2, -0.15) is 0 Å². The zero-order valence-corrected chi connectivity index (χ0v) is 19.9. The standard InChI is InChI=1S/C27H32O6/c1-14-16(15-7-9-31-12-15)10-17-21(14)27(4)18(11-20(29)30-5)25(2)8-6-19(28)26(3)13-32-22(23(25)26)24(27)33-17/h6-9,12,16-18,22-24H,10-11,13H2,1-5H3/t16-,17-,18-,22?,23?,24-,25-,26-,27-/m1/s1. The first kappa shape index (κ1) is 21.4. The molecule has 5 aliphatic rings. The van der Waals surface area contributed by atoms with Gasteiger partial charge < -0.3 is 18.6 Å². The zero-order valence-electron chi connectivity index (χ0n) is 19.9. The number of furan rings is 1. The number of allylic oxidation sites excluding steroid dienone is 3. The first-order valence-electron chi connectivity index (χ1n) is 12.0. The summed E-state index contributed by atoms with van der Waals surface area (Å²) in [5.74, 6) is 0.00832. The van der Waals surface area contributed by atoms with Crippen LogP contribution >= 0.6 is 0 Å². The number of methoxy groups -OCH3 is 1.